The summed E-state index contributed by atoms with van der Waals surface area (Å²) in [7, 11) is 0. The molecule has 0 spiro atoms. The second-order valence-corrected chi connectivity index (χ2v) is 7.92. The van der Waals surface area contributed by atoms with Crippen molar-refractivity contribution in [2.24, 2.45) is 0 Å². The van der Waals surface area contributed by atoms with Crippen LogP contribution in [0.15, 0.2) is 48.5 Å². The predicted molar refractivity (Wildman–Crippen MR) is 113 cm³/mol. The first-order valence-electron chi connectivity index (χ1n) is 10.6. The number of hydrogen-bond donors (Lipinski definition) is 0. The maximum Gasteiger partial charge on any atom is 0.461 e. The zero-order valence-corrected chi connectivity index (χ0v) is 17.7. The molecule has 2 aliphatic rings. The fourth-order valence-electron chi connectivity index (χ4n) is 4.10. The van der Waals surface area contributed by atoms with Crippen LogP contribution in [0.1, 0.15) is 27.1 Å². The number of piperazine rings is 1. The van der Waals surface area contributed by atoms with E-state index in [1.165, 1.54) is 17.0 Å². The van der Waals surface area contributed by atoms with Crippen molar-refractivity contribution in [3.05, 3.63) is 59.7 Å². The molecule has 0 aromatic heterocycles. The SMILES string of the molecule is O=C1c2ccccc2C(=O)N1CCCN1CCN(c2ccccc2OC(F)(F)C(F)F)CC1. The van der Waals surface area contributed by atoms with E-state index in [1.807, 2.05) is 4.90 Å². The number of rotatable bonds is 8. The van der Waals surface area contributed by atoms with Crippen LogP contribution in [-0.4, -0.2) is 73.4 Å². The summed E-state index contributed by atoms with van der Waals surface area (Å²) in [6, 6.07) is 12.7. The van der Waals surface area contributed by atoms with Gasteiger partial charge in [0.25, 0.3) is 11.8 Å². The molecule has 2 heterocycles. The van der Waals surface area contributed by atoms with Crippen molar-refractivity contribution in [3.8, 4) is 5.75 Å². The molecule has 33 heavy (non-hydrogen) atoms. The lowest BCUT2D eigenvalue weighted by molar-refractivity contribution is -0.253. The molecule has 1 saturated heterocycles. The Hall–Kier alpha value is -3.14. The Labute approximate surface area is 188 Å². The highest BCUT2D eigenvalue weighted by molar-refractivity contribution is 6.21. The summed E-state index contributed by atoms with van der Waals surface area (Å²) in [6.07, 6.45) is -7.89. The predicted octanol–water partition coefficient (Wildman–Crippen LogP) is 3.73. The number of nitrogens with zero attached hydrogens (tertiary/aromatic N) is 3. The lowest BCUT2D eigenvalue weighted by Crippen LogP contribution is -2.47. The van der Waals surface area contributed by atoms with Crippen LogP contribution in [0.3, 0.4) is 0 Å². The second-order valence-electron chi connectivity index (χ2n) is 7.92. The highest BCUT2D eigenvalue weighted by Gasteiger charge is 2.44. The first kappa shape index (κ1) is 23.0. The average molecular weight is 465 g/mol. The van der Waals surface area contributed by atoms with Crippen LogP contribution in [0.2, 0.25) is 0 Å². The summed E-state index contributed by atoms with van der Waals surface area (Å²) in [6.45, 7) is 3.18. The minimum Gasteiger partial charge on any atom is -0.426 e. The molecule has 0 aliphatic carbocycles. The summed E-state index contributed by atoms with van der Waals surface area (Å²) < 4.78 is 56.2. The highest BCUT2D eigenvalue weighted by Crippen LogP contribution is 2.35. The first-order chi connectivity index (χ1) is 15.8. The molecule has 0 N–H and O–H groups in total. The van der Waals surface area contributed by atoms with Gasteiger partial charge < -0.3 is 9.64 Å². The summed E-state index contributed by atoms with van der Waals surface area (Å²) in [4.78, 5) is 30.1. The summed E-state index contributed by atoms with van der Waals surface area (Å²) in [5.74, 6) is -0.850. The normalized spacial score (nSPS) is 17.1. The summed E-state index contributed by atoms with van der Waals surface area (Å²) in [5.41, 5.74) is 1.19. The van der Waals surface area contributed by atoms with E-state index in [9.17, 15) is 27.2 Å². The van der Waals surface area contributed by atoms with Crippen molar-refractivity contribution in [3.63, 3.8) is 0 Å². The number of amides is 2. The Morgan fingerprint density at radius 2 is 1.42 bits per heavy atom. The standard InChI is InChI=1S/C23H23F4N3O3/c24-22(25)23(26,27)33-19-9-4-3-8-18(19)29-14-12-28(13-15-29)10-5-11-30-20(31)16-6-1-2-7-17(16)21(30)32/h1-4,6-9,22H,5,10-15H2. The molecule has 0 bridgehead atoms. The smallest absolute Gasteiger partial charge is 0.426 e. The zero-order chi connectivity index (χ0) is 23.6. The van der Waals surface area contributed by atoms with Crippen molar-refractivity contribution in [2.75, 3.05) is 44.2 Å². The number of halogens is 4. The van der Waals surface area contributed by atoms with E-state index in [-0.39, 0.29) is 17.6 Å². The first-order valence-corrected chi connectivity index (χ1v) is 10.6. The molecule has 1 fully saturated rings. The minimum absolute atomic E-state index is 0.280. The Balaban J connectivity index is 1.28. The number of ether oxygens (including phenoxy) is 1. The monoisotopic (exact) mass is 465 g/mol. The Morgan fingerprint density at radius 1 is 0.848 bits per heavy atom. The molecular weight excluding hydrogens is 442 g/mol. The van der Waals surface area contributed by atoms with Gasteiger partial charge in [-0.25, -0.2) is 0 Å². The number of benzene rings is 2. The van der Waals surface area contributed by atoms with Crippen LogP contribution in [0.25, 0.3) is 0 Å². The maximum absolute atomic E-state index is 13.4. The van der Waals surface area contributed by atoms with Gasteiger partial charge in [0.15, 0.2) is 0 Å². The van der Waals surface area contributed by atoms with E-state index in [4.69, 9.17) is 0 Å². The Kier molecular flexibility index (Phi) is 6.55. The topological polar surface area (TPSA) is 53.1 Å². The van der Waals surface area contributed by atoms with Gasteiger partial charge in [-0.3, -0.25) is 19.4 Å². The Morgan fingerprint density at radius 3 is 2.03 bits per heavy atom. The molecule has 4 rings (SSSR count). The third-order valence-corrected chi connectivity index (χ3v) is 5.81. The van der Waals surface area contributed by atoms with Crippen LogP contribution in [-0.2, 0) is 0 Å². The molecule has 2 aromatic rings. The maximum atomic E-state index is 13.4. The van der Waals surface area contributed by atoms with Crippen molar-refractivity contribution < 1.29 is 31.9 Å². The van der Waals surface area contributed by atoms with Gasteiger partial charge in [0, 0.05) is 32.7 Å². The second kappa shape index (κ2) is 9.38. The van der Waals surface area contributed by atoms with Crippen LogP contribution in [0.5, 0.6) is 5.75 Å². The van der Waals surface area contributed by atoms with E-state index in [0.29, 0.717) is 62.5 Å². The number of imide groups is 1. The average Bonchev–Trinajstić information content (AvgIpc) is 3.05. The molecule has 6 nitrogen and oxygen atoms in total. The molecule has 10 heteroatoms. The molecule has 0 unspecified atom stereocenters. The molecule has 0 radical (unpaired) electrons. The van der Waals surface area contributed by atoms with Gasteiger partial charge >= 0.3 is 12.5 Å². The largest absolute Gasteiger partial charge is 0.461 e. The van der Waals surface area contributed by atoms with Gasteiger partial charge in [-0.1, -0.05) is 24.3 Å². The minimum atomic E-state index is -4.57. The number of alkyl halides is 4. The van der Waals surface area contributed by atoms with Crippen molar-refractivity contribution in [2.45, 2.75) is 19.0 Å². The molecule has 2 aromatic carbocycles. The van der Waals surface area contributed by atoms with Crippen LogP contribution in [0, 0.1) is 0 Å². The van der Waals surface area contributed by atoms with Gasteiger partial charge in [-0.2, -0.15) is 17.6 Å². The lowest BCUT2D eigenvalue weighted by atomic mass is 10.1. The number of fused-ring (bicyclic) bond motifs is 1. The fraction of sp³-hybridized carbons (Fsp3) is 0.391. The van der Waals surface area contributed by atoms with E-state index >= 15 is 0 Å². The highest BCUT2D eigenvalue weighted by atomic mass is 19.3. The van der Waals surface area contributed by atoms with E-state index in [1.54, 1.807) is 36.4 Å². The van der Waals surface area contributed by atoms with Crippen molar-refractivity contribution in [1.82, 2.24) is 9.80 Å². The third kappa shape index (κ3) is 4.80. The number of carbonyl (C=O) groups excluding carboxylic acids is 2. The third-order valence-electron chi connectivity index (χ3n) is 5.81. The number of hydrogen-bond acceptors (Lipinski definition) is 5. The van der Waals surface area contributed by atoms with Crippen LogP contribution >= 0.6 is 0 Å². The van der Waals surface area contributed by atoms with E-state index < -0.39 is 12.5 Å². The van der Waals surface area contributed by atoms with Gasteiger partial charge in [0.1, 0.15) is 5.75 Å². The molecular formula is C23H23F4N3O3. The van der Waals surface area contributed by atoms with Crippen molar-refractivity contribution >= 4 is 17.5 Å². The molecule has 2 amide bonds. The van der Waals surface area contributed by atoms with Crippen LogP contribution in [0.4, 0.5) is 23.2 Å². The quantitative estimate of drug-likeness (QED) is 0.439. The lowest BCUT2D eigenvalue weighted by Gasteiger charge is -2.37. The van der Waals surface area contributed by atoms with Crippen LogP contribution < -0.4 is 9.64 Å². The van der Waals surface area contributed by atoms with Gasteiger partial charge in [-0.05, 0) is 37.2 Å². The number of anilines is 1. The molecule has 176 valence electrons. The van der Waals surface area contributed by atoms with Gasteiger partial charge in [-0.15, -0.1) is 0 Å². The molecule has 2 aliphatic heterocycles. The van der Waals surface area contributed by atoms with E-state index in [2.05, 4.69) is 9.64 Å². The summed E-state index contributed by atoms with van der Waals surface area (Å²) >= 11 is 0. The zero-order valence-electron chi connectivity index (χ0n) is 17.7. The fourth-order valence-corrected chi connectivity index (χ4v) is 4.10. The number of carbonyl (C=O) groups is 2. The van der Waals surface area contributed by atoms with Crippen molar-refractivity contribution in [1.29, 1.82) is 0 Å². The summed E-state index contributed by atoms with van der Waals surface area (Å²) in [5, 5.41) is 0. The Bertz CT molecular complexity index is 991. The van der Waals surface area contributed by atoms with Gasteiger partial charge in [0.05, 0.1) is 16.8 Å². The molecule has 0 atom stereocenters. The van der Waals surface area contributed by atoms with Gasteiger partial charge in [0.2, 0.25) is 0 Å². The van der Waals surface area contributed by atoms with E-state index in [0.717, 1.165) is 0 Å². The molecule has 0 saturated carbocycles. The number of para-hydroxylation sites is 2.